The molecule has 29 heavy (non-hydrogen) atoms. The molecule has 0 unspecified atom stereocenters. The molecular weight excluding hydrogens is 362 g/mol. The van der Waals surface area contributed by atoms with Gasteiger partial charge in [-0.1, -0.05) is 24.3 Å². The van der Waals surface area contributed by atoms with Crippen molar-refractivity contribution < 1.29 is 4.79 Å². The number of carbonyl (C=O) groups excluding carboxylic acids is 1. The number of carbonyl (C=O) groups is 1. The van der Waals surface area contributed by atoms with Gasteiger partial charge in [0.15, 0.2) is 5.78 Å². The Bertz CT molecular complexity index is 1130. The van der Waals surface area contributed by atoms with Crippen molar-refractivity contribution >= 4 is 5.78 Å². The second-order valence-electron chi connectivity index (χ2n) is 6.78. The van der Waals surface area contributed by atoms with Gasteiger partial charge in [0.25, 0.3) is 0 Å². The molecule has 0 amide bonds. The largest absolute Gasteiger partial charge is 0.295 e. The summed E-state index contributed by atoms with van der Waals surface area (Å²) >= 11 is 0. The van der Waals surface area contributed by atoms with E-state index in [0.29, 0.717) is 12.0 Å². The fourth-order valence-corrected chi connectivity index (χ4v) is 3.16. The number of nitrogens with zero attached hydrogens (tertiary/aromatic N) is 5. The van der Waals surface area contributed by atoms with Crippen LogP contribution in [0.2, 0.25) is 0 Å². The lowest BCUT2D eigenvalue weighted by Crippen LogP contribution is -1.99. The van der Waals surface area contributed by atoms with Crippen LogP contribution in [0.5, 0.6) is 0 Å². The molecule has 0 saturated heterocycles. The zero-order valence-corrected chi connectivity index (χ0v) is 16.4. The summed E-state index contributed by atoms with van der Waals surface area (Å²) in [5.74, 6) is 0.783. The molecule has 0 bridgehead atoms. The van der Waals surface area contributed by atoms with Gasteiger partial charge in [0, 0.05) is 54.4 Å². The molecule has 6 nitrogen and oxygen atoms in total. The first kappa shape index (κ1) is 18.7. The average Bonchev–Trinajstić information content (AvgIpc) is 3.20. The highest BCUT2D eigenvalue weighted by atomic mass is 16.1. The van der Waals surface area contributed by atoms with Gasteiger partial charge in [-0.25, -0.2) is 9.97 Å². The van der Waals surface area contributed by atoms with Gasteiger partial charge in [-0.2, -0.15) is 5.10 Å². The summed E-state index contributed by atoms with van der Waals surface area (Å²) in [5, 5.41) is 4.70. The fourth-order valence-electron chi connectivity index (χ4n) is 3.16. The quantitative estimate of drug-likeness (QED) is 0.466. The molecule has 3 aromatic heterocycles. The van der Waals surface area contributed by atoms with Gasteiger partial charge in [-0.05, 0) is 37.6 Å². The van der Waals surface area contributed by atoms with Crippen LogP contribution < -0.4 is 0 Å². The van der Waals surface area contributed by atoms with E-state index in [2.05, 4.69) is 16.9 Å². The number of benzene rings is 1. The number of ketones is 1. The van der Waals surface area contributed by atoms with Crippen molar-refractivity contribution in [1.82, 2.24) is 24.7 Å². The Morgan fingerprint density at radius 1 is 1.07 bits per heavy atom. The molecule has 3 heterocycles. The highest BCUT2D eigenvalue weighted by Gasteiger charge is 2.15. The summed E-state index contributed by atoms with van der Waals surface area (Å²) in [6, 6.07) is 13.4. The third kappa shape index (κ3) is 4.11. The minimum absolute atomic E-state index is 0.0608. The number of Topliss-reactive ketones (excluding diaryl/α,β-unsaturated/α-hetero) is 1. The van der Waals surface area contributed by atoms with Crippen LogP contribution in [-0.4, -0.2) is 30.5 Å². The number of hydrogen-bond donors (Lipinski definition) is 0. The Balaban J connectivity index is 1.67. The van der Waals surface area contributed by atoms with Gasteiger partial charge in [0.2, 0.25) is 0 Å². The topological polar surface area (TPSA) is 73.6 Å². The first-order valence-corrected chi connectivity index (χ1v) is 9.54. The standard InChI is InChI=1S/C23H21N5O/c1-3-28-15-20(23(27-28)19-5-4-11-24-14-19)21-10-12-25-22(26-21)13-17-6-8-18(9-7-17)16(2)29/h4-12,14-15H,3,13H2,1-2H3. The fraction of sp³-hybridized carbons (Fsp3) is 0.174. The summed E-state index contributed by atoms with van der Waals surface area (Å²) in [4.78, 5) is 24.9. The third-order valence-corrected chi connectivity index (χ3v) is 4.72. The van der Waals surface area contributed by atoms with Gasteiger partial charge in [-0.3, -0.25) is 14.5 Å². The van der Waals surface area contributed by atoms with E-state index < -0.39 is 0 Å². The Hall–Kier alpha value is -3.67. The zero-order valence-electron chi connectivity index (χ0n) is 16.4. The van der Waals surface area contributed by atoms with Crippen molar-refractivity contribution in [2.45, 2.75) is 26.8 Å². The molecule has 0 atom stereocenters. The van der Waals surface area contributed by atoms with Crippen LogP contribution in [0.1, 0.15) is 35.6 Å². The van der Waals surface area contributed by atoms with Crippen LogP contribution >= 0.6 is 0 Å². The van der Waals surface area contributed by atoms with Crippen LogP contribution in [0.4, 0.5) is 0 Å². The highest BCUT2D eigenvalue weighted by Crippen LogP contribution is 2.29. The van der Waals surface area contributed by atoms with E-state index in [9.17, 15) is 4.79 Å². The van der Waals surface area contributed by atoms with Crippen molar-refractivity contribution in [3.8, 4) is 22.5 Å². The van der Waals surface area contributed by atoms with Gasteiger partial charge in [0.05, 0.1) is 5.69 Å². The van der Waals surface area contributed by atoms with Crippen molar-refractivity contribution in [3.63, 3.8) is 0 Å². The maximum Gasteiger partial charge on any atom is 0.159 e. The number of pyridine rings is 1. The summed E-state index contributed by atoms with van der Waals surface area (Å²) in [5.41, 5.74) is 5.36. The lowest BCUT2D eigenvalue weighted by molar-refractivity contribution is 0.101. The van der Waals surface area contributed by atoms with E-state index in [1.807, 2.05) is 59.5 Å². The Labute approximate surface area is 169 Å². The molecule has 0 saturated carbocycles. The van der Waals surface area contributed by atoms with Crippen molar-refractivity contribution in [2.24, 2.45) is 0 Å². The molecule has 0 fully saturated rings. The zero-order chi connectivity index (χ0) is 20.2. The van der Waals surface area contributed by atoms with Gasteiger partial charge < -0.3 is 0 Å². The monoisotopic (exact) mass is 383 g/mol. The Kier molecular flexibility index (Phi) is 5.24. The van der Waals surface area contributed by atoms with Crippen molar-refractivity contribution in [3.05, 3.63) is 84.2 Å². The molecule has 0 aliphatic rings. The third-order valence-electron chi connectivity index (χ3n) is 4.72. The SMILES string of the molecule is CCn1cc(-c2ccnc(Cc3ccc(C(C)=O)cc3)n2)c(-c2cccnc2)n1. The molecule has 6 heteroatoms. The molecule has 0 radical (unpaired) electrons. The van der Waals surface area contributed by atoms with Gasteiger partial charge in [-0.15, -0.1) is 0 Å². The molecule has 144 valence electrons. The van der Waals surface area contributed by atoms with Crippen molar-refractivity contribution in [1.29, 1.82) is 0 Å². The summed E-state index contributed by atoms with van der Waals surface area (Å²) in [7, 11) is 0. The number of aryl methyl sites for hydroxylation is 1. The molecule has 0 N–H and O–H groups in total. The second kappa shape index (κ2) is 8.14. The van der Waals surface area contributed by atoms with Crippen LogP contribution in [0.3, 0.4) is 0 Å². The molecule has 0 aliphatic carbocycles. The summed E-state index contributed by atoms with van der Waals surface area (Å²) in [6.07, 6.45) is 7.94. The van der Waals surface area contributed by atoms with Crippen LogP contribution in [-0.2, 0) is 13.0 Å². The minimum atomic E-state index is 0.0608. The number of aromatic nitrogens is 5. The second-order valence-corrected chi connectivity index (χ2v) is 6.78. The maximum atomic E-state index is 11.5. The molecule has 4 rings (SSSR count). The maximum absolute atomic E-state index is 11.5. The molecular formula is C23H21N5O. The predicted octanol–water partition coefficient (Wildman–Crippen LogP) is 4.22. The highest BCUT2D eigenvalue weighted by molar-refractivity contribution is 5.94. The van der Waals surface area contributed by atoms with Crippen LogP contribution in [0.15, 0.2) is 67.3 Å². The number of hydrogen-bond acceptors (Lipinski definition) is 5. The smallest absolute Gasteiger partial charge is 0.159 e. The van der Waals surface area contributed by atoms with Crippen molar-refractivity contribution in [2.75, 3.05) is 0 Å². The van der Waals surface area contributed by atoms with E-state index >= 15 is 0 Å². The van der Waals surface area contributed by atoms with E-state index in [1.165, 1.54) is 0 Å². The van der Waals surface area contributed by atoms with Gasteiger partial charge in [0.1, 0.15) is 11.5 Å². The van der Waals surface area contributed by atoms with E-state index in [1.54, 1.807) is 19.3 Å². The van der Waals surface area contributed by atoms with Gasteiger partial charge >= 0.3 is 0 Å². The van der Waals surface area contributed by atoms with Crippen LogP contribution in [0, 0.1) is 0 Å². The van der Waals surface area contributed by atoms with E-state index in [-0.39, 0.29) is 5.78 Å². The molecule has 0 aliphatic heterocycles. The Morgan fingerprint density at radius 2 is 1.90 bits per heavy atom. The summed E-state index contributed by atoms with van der Waals surface area (Å²) in [6.45, 7) is 4.39. The lowest BCUT2D eigenvalue weighted by Gasteiger charge is -2.05. The predicted molar refractivity (Wildman–Crippen MR) is 111 cm³/mol. The molecule has 4 aromatic rings. The lowest BCUT2D eigenvalue weighted by atomic mass is 10.1. The molecule has 1 aromatic carbocycles. The first-order chi connectivity index (χ1) is 14.1. The van der Waals surface area contributed by atoms with E-state index in [4.69, 9.17) is 10.1 Å². The van der Waals surface area contributed by atoms with E-state index in [0.717, 1.165) is 40.4 Å². The Morgan fingerprint density at radius 3 is 2.59 bits per heavy atom. The molecule has 0 spiro atoms. The normalized spacial score (nSPS) is 10.8. The van der Waals surface area contributed by atoms with Crippen LogP contribution in [0.25, 0.3) is 22.5 Å². The average molecular weight is 383 g/mol. The minimum Gasteiger partial charge on any atom is -0.295 e. The first-order valence-electron chi connectivity index (χ1n) is 9.54. The summed E-state index contributed by atoms with van der Waals surface area (Å²) < 4.78 is 1.90. The number of rotatable bonds is 6.